The normalized spacial score (nSPS) is 9.75. The first-order valence-corrected chi connectivity index (χ1v) is 5.14. The van der Waals surface area contributed by atoms with Gasteiger partial charge in [0.25, 0.3) is 0 Å². The fourth-order valence-corrected chi connectivity index (χ4v) is 1.64. The van der Waals surface area contributed by atoms with Crippen molar-refractivity contribution in [2.45, 2.75) is 0 Å². The topological polar surface area (TPSA) is 29.3 Å². The van der Waals surface area contributed by atoms with E-state index in [1.54, 1.807) is 6.20 Å². The van der Waals surface area contributed by atoms with Crippen LogP contribution in [0.3, 0.4) is 0 Å². The molecule has 2 aromatic carbocycles. The smallest absolute Gasteiger partial charge is 0.0685 e. The molecule has 0 spiro atoms. The lowest BCUT2D eigenvalue weighted by Crippen LogP contribution is -2.09. The van der Waals surface area contributed by atoms with Crippen LogP contribution in [0.2, 0.25) is 0 Å². The first-order valence-electron chi connectivity index (χ1n) is 5.14. The van der Waals surface area contributed by atoms with Crippen molar-refractivity contribution >= 4 is 17.1 Å². The van der Waals surface area contributed by atoms with Gasteiger partial charge < -0.3 is 10.6 Å². The van der Waals surface area contributed by atoms with Gasteiger partial charge in [-0.1, -0.05) is 36.9 Å². The van der Waals surface area contributed by atoms with Gasteiger partial charge in [0, 0.05) is 11.9 Å². The maximum Gasteiger partial charge on any atom is 0.0685 e. The van der Waals surface area contributed by atoms with E-state index in [2.05, 4.69) is 6.58 Å². The summed E-state index contributed by atoms with van der Waals surface area (Å²) in [6, 6.07) is 17.8. The Balaban J connectivity index is 2.45. The quantitative estimate of drug-likeness (QED) is 0.785. The molecule has 0 unspecified atom stereocenters. The zero-order valence-corrected chi connectivity index (χ0v) is 9.01. The summed E-state index contributed by atoms with van der Waals surface area (Å²) in [7, 11) is 0. The lowest BCUT2D eigenvalue weighted by molar-refractivity contribution is 1.29. The molecule has 16 heavy (non-hydrogen) atoms. The van der Waals surface area contributed by atoms with Gasteiger partial charge >= 0.3 is 0 Å². The second-order valence-corrected chi connectivity index (χ2v) is 3.45. The Morgan fingerprint density at radius 3 is 2.19 bits per heavy atom. The summed E-state index contributed by atoms with van der Waals surface area (Å²) in [6.45, 7) is 3.83. The second-order valence-electron chi connectivity index (χ2n) is 3.45. The molecule has 2 N–H and O–H groups in total. The van der Waals surface area contributed by atoms with Crippen molar-refractivity contribution < 1.29 is 0 Å². The molecule has 80 valence electrons. The van der Waals surface area contributed by atoms with Gasteiger partial charge in [0.05, 0.1) is 11.4 Å². The molecule has 0 aliphatic carbocycles. The number of rotatable bonds is 3. The maximum absolute atomic E-state index is 5.94. The van der Waals surface area contributed by atoms with Crippen LogP contribution in [0, 0.1) is 0 Å². The highest BCUT2D eigenvalue weighted by molar-refractivity contribution is 5.76. The fraction of sp³-hybridized carbons (Fsp3) is 0. The summed E-state index contributed by atoms with van der Waals surface area (Å²) in [5.41, 5.74) is 8.69. The molecule has 0 bridgehead atoms. The van der Waals surface area contributed by atoms with Crippen LogP contribution in [0.25, 0.3) is 0 Å². The van der Waals surface area contributed by atoms with Gasteiger partial charge in [-0.3, -0.25) is 0 Å². The third kappa shape index (κ3) is 1.91. The highest BCUT2D eigenvalue weighted by atomic mass is 15.1. The Morgan fingerprint density at radius 1 is 0.938 bits per heavy atom. The van der Waals surface area contributed by atoms with Gasteiger partial charge in [-0.2, -0.15) is 0 Å². The number of hydrogen-bond acceptors (Lipinski definition) is 2. The van der Waals surface area contributed by atoms with E-state index >= 15 is 0 Å². The van der Waals surface area contributed by atoms with E-state index in [1.807, 2.05) is 59.5 Å². The standard InChI is InChI=1S/C14H14N2/c1-2-16(12-8-4-3-5-9-12)14-11-7-6-10-13(14)15/h2-11H,1,15H2. The Labute approximate surface area is 95.6 Å². The van der Waals surface area contributed by atoms with Gasteiger partial charge in [-0.05, 0) is 24.3 Å². The Bertz CT molecular complexity index is 477. The molecule has 0 saturated heterocycles. The Kier molecular flexibility index (Phi) is 2.92. The van der Waals surface area contributed by atoms with Crippen LogP contribution in [0.4, 0.5) is 17.1 Å². The molecular weight excluding hydrogens is 196 g/mol. The minimum atomic E-state index is 0.742. The molecule has 0 aliphatic heterocycles. The molecule has 0 heterocycles. The molecule has 0 radical (unpaired) electrons. The number of nitrogens with zero attached hydrogens (tertiary/aromatic N) is 1. The van der Waals surface area contributed by atoms with E-state index in [9.17, 15) is 0 Å². The molecule has 2 rings (SSSR count). The molecule has 0 amide bonds. The van der Waals surface area contributed by atoms with Gasteiger partial charge in [-0.25, -0.2) is 0 Å². The molecule has 2 nitrogen and oxygen atoms in total. The molecule has 0 fully saturated rings. The van der Waals surface area contributed by atoms with Crippen LogP contribution in [0.1, 0.15) is 0 Å². The summed E-state index contributed by atoms with van der Waals surface area (Å²) >= 11 is 0. The van der Waals surface area contributed by atoms with Crippen LogP contribution in [-0.2, 0) is 0 Å². The number of benzene rings is 2. The number of nitrogens with two attached hydrogens (primary N) is 1. The van der Waals surface area contributed by atoms with Crippen molar-refractivity contribution in [3.05, 3.63) is 67.4 Å². The summed E-state index contributed by atoms with van der Waals surface area (Å²) < 4.78 is 0. The summed E-state index contributed by atoms with van der Waals surface area (Å²) in [6.07, 6.45) is 1.76. The Hall–Kier alpha value is -2.22. The largest absolute Gasteiger partial charge is 0.397 e. The van der Waals surface area contributed by atoms with Crippen molar-refractivity contribution in [3.63, 3.8) is 0 Å². The minimum absolute atomic E-state index is 0.742. The molecule has 0 aliphatic rings. The summed E-state index contributed by atoms with van der Waals surface area (Å²) in [5.74, 6) is 0. The number of nitrogen functional groups attached to an aromatic ring is 1. The van der Waals surface area contributed by atoms with E-state index < -0.39 is 0 Å². The lowest BCUT2D eigenvalue weighted by atomic mass is 10.2. The lowest BCUT2D eigenvalue weighted by Gasteiger charge is -2.21. The third-order valence-corrected chi connectivity index (χ3v) is 2.41. The predicted molar refractivity (Wildman–Crippen MR) is 69.6 cm³/mol. The van der Waals surface area contributed by atoms with Crippen molar-refractivity contribution in [1.82, 2.24) is 0 Å². The number of hydrogen-bond donors (Lipinski definition) is 1. The predicted octanol–water partition coefficient (Wildman–Crippen LogP) is 3.55. The SMILES string of the molecule is C=CN(c1ccccc1)c1ccccc1N. The molecule has 0 atom stereocenters. The number of para-hydroxylation sites is 3. The van der Waals surface area contributed by atoms with Crippen molar-refractivity contribution in [2.75, 3.05) is 10.6 Å². The third-order valence-electron chi connectivity index (χ3n) is 2.41. The number of anilines is 3. The fourth-order valence-electron chi connectivity index (χ4n) is 1.64. The van der Waals surface area contributed by atoms with Crippen LogP contribution in [0.5, 0.6) is 0 Å². The van der Waals surface area contributed by atoms with Crippen LogP contribution in [0.15, 0.2) is 67.4 Å². The molecule has 0 aromatic heterocycles. The summed E-state index contributed by atoms with van der Waals surface area (Å²) in [4.78, 5) is 1.97. The van der Waals surface area contributed by atoms with Gasteiger partial charge in [0.1, 0.15) is 0 Å². The highest BCUT2D eigenvalue weighted by Gasteiger charge is 2.07. The van der Waals surface area contributed by atoms with E-state index in [0.29, 0.717) is 0 Å². The van der Waals surface area contributed by atoms with E-state index in [0.717, 1.165) is 17.1 Å². The average molecular weight is 210 g/mol. The molecule has 2 aromatic rings. The molecular formula is C14H14N2. The maximum atomic E-state index is 5.94. The van der Waals surface area contributed by atoms with Gasteiger partial charge in [0.2, 0.25) is 0 Å². The van der Waals surface area contributed by atoms with Crippen molar-refractivity contribution in [1.29, 1.82) is 0 Å². The highest BCUT2D eigenvalue weighted by Crippen LogP contribution is 2.29. The average Bonchev–Trinajstić information content (AvgIpc) is 2.34. The first kappa shape index (κ1) is 10.3. The van der Waals surface area contributed by atoms with E-state index in [4.69, 9.17) is 5.73 Å². The van der Waals surface area contributed by atoms with Crippen LogP contribution < -0.4 is 10.6 Å². The van der Waals surface area contributed by atoms with E-state index in [1.165, 1.54) is 0 Å². The molecule has 2 heteroatoms. The second kappa shape index (κ2) is 4.53. The van der Waals surface area contributed by atoms with Crippen LogP contribution in [-0.4, -0.2) is 0 Å². The van der Waals surface area contributed by atoms with Crippen molar-refractivity contribution in [3.8, 4) is 0 Å². The zero-order chi connectivity index (χ0) is 11.4. The van der Waals surface area contributed by atoms with Crippen molar-refractivity contribution in [2.24, 2.45) is 0 Å². The van der Waals surface area contributed by atoms with Crippen LogP contribution >= 0.6 is 0 Å². The van der Waals surface area contributed by atoms with Gasteiger partial charge in [0.15, 0.2) is 0 Å². The van der Waals surface area contributed by atoms with Gasteiger partial charge in [-0.15, -0.1) is 0 Å². The van der Waals surface area contributed by atoms with E-state index in [-0.39, 0.29) is 0 Å². The molecule has 0 saturated carbocycles. The Morgan fingerprint density at radius 2 is 1.56 bits per heavy atom. The monoisotopic (exact) mass is 210 g/mol. The minimum Gasteiger partial charge on any atom is -0.397 e. The summed E-state index contributed by atoms with van der Waals surface area (Å²) in [5, 5.41) is 0. The first-order chi connectivity index (χ1) is 7.83. The zero-order valence-electron chi connectivity index (χ0n) is 9.01.